The highest BCUT2D eigenvalue weighted by molar-refractivity contribution is 5.69. The van der Waals surface area contributed by atoms with Gasteiger partial charge in [0.05, 0.1) is 11.1 Å². The van der Waals surface area contributed by atoms with E-state index >= 15 is 0 Å². The molecule has 2 aromatic carbocycles. The monoisotopic (exact) mass is 322 g/mol. The smallest absolute Gasteiger partial charge is 0.296 e. The molecule has 0 N–H and O–H groups in total. The van der Waals surface area contributed by atoms with Crippen LogP contribution < -0.4 is 4.90 Å². The number of hydrogen-bond acceptors (Lipinski definition) is 5. The van der Waals surface area contributed by atoms with Crippen molar-refractivity contribution in [3.05, 3.63) is 76.1 Å². The molecule has 0 aromatic heterocycles. The molecule has 1 aliphatic rings. The Labute approximate surface area is 140 Å². The molecule has 3 rings (SSSR count). The highest BCUT2D eigenvalue weighted by Gasteiger charge is 2.38. The van der Waals surface area contributed by atoms with Crippen LogP contribution in [0.5, 0.6) is 0 Å². The molecule has 0 unspecified atom stereocenters. The molecule has 0 spiro atoms. The SMILES string of the molecule is CN1C(=CN=Nc2ccccc2[N+](=O)[O-])C(C)(C)c2ccccc21. The van der Waals surface area contributed by atoms with Crippen molar-refractivity contribution >= 4 is 17.1 Å². The number of allylic oxidation sites excluding steroid dienone is 1. The van der Waals surface area contributed by atoms with Gasteiger partial charge in [0, 0.05) is 29.9 Å². The molecule has 0 bridgehead atoms. The molecule has 2 aromatic rings. The van der Waals surface area contributed by atoms with E-state index in [4.69, 9.17) is 0 Å². The van der Waals surface area contributed by atoms with Gasteiger partial charge in [-0.2, -0.15) is 5.11 Å². The molecule has 0 saturated carbocycles. The fourth-order valence-electron chi connectivity index (χ4n) is 3.08. The van der Waals surface area contributed by atoms with Gasteiger partial charge in [-0.15, -0.1) is 5.11 Å². The molecule has 0 atom stereocenters. The van der Waals surface area contributed by atoms with E-state index in [-0.39, 0.29) is 16.8 Å². The minimum atomic E-state index is -0.455. The summed E-state index contributed by atoms with van der Waals surface area (Å²) < 4.78 is 0. The molecule has 0 saturated heterocycles. The van der Waals surface area contributed by atoms with Crippen LogP contribution in [0.4, 0.5) is 17.1 Å². The average Bonchev–Trinajstić information content (AvgIpc) is 2.76. The first kappa shape index (κ1) is 15.9. The van der Waals surface area contributed by atoms with Crippen LogP contribution in [0.1, 0.15) is 19.4 Å². The molecule has 0 aliphatic carbocycles. The Morgan fingerprint density at radius 2 is 1.79 bits per heavy atom. The van der Waals surface area contributed by atoms with Crippen molar-refractivity contribution < 1.29 is 4.92 Å². The summed E-state index contributed by atoms with van der Waals surface area (Å²) >= 11 is 0. The Hall–Kier alpha value is -3.02. The third-order valence-electron chi connectivity index (χ3n) is 4.36. The van der Waals surface area contributed by atoms with Gasteiger partial charge in [0.1, 0.15) is 0 Å². The number of nitro groups is 1. The van der Waals surface area contributed by atoms with E-state index in [1.165, 1.54) is 11.6 Å². The quantitative estimate of drug-likeness (QED) is 0.456. The lowest BCUT2D eigenvalue weighted by molar-refractivity contribution is -0.384. The molecule has 0 fully saturated rings. The van der Waals surface area contributed by atoms with Crippen LogP contribution in [0, 0.1) is 10.1 Å². The van der Waals surface area contributed by atoms with Gasteiger partial charge in [-0.1, -0.05) is 44.2 Å². The lowest BCUT2D eigenvalue weighted by Gasteiger charge is -2.22. The molecule has 24 heavy (non-hydrogen) atoms. The molecule has 0 radical (unpaired) electrons. The van der Waals surface area contributed by atoms with E-state index in [2.05, 4.69) is 41.1 Å². The molecule has 1 heterocycles. The van der Waals surface area contributed by atoms with Crippen molar-refractivity contribution in [3.8, 4) is 0 Å². The minimum absolute atomic E-state index is 0.0537. The number of para-hydroxylation sites is 2. The average molecular weight is 322 g/mol. The number of nitro benzene ring substituents is 1. The fraction of sp³-hybridized carbons (Fsp3) is 0.222. The molecular formula is C18H18N4O2. The molecule has 6 heteroatoms. The van der Waals surface area contributed by atoms with Crippen molar-refractivity contribution in [1.29, 1.82) is 0 Å². The van der Waals surface area contributed by atoms with Crippen molar-refractivity contribution in [2.75, 3.05) is 11.9 Å². The van der Waals surface area contributed by atoms with Gasteiger partial charge in [0.2, 0.25) is 0 Å². The normalized spacial score (nSPS) is 17.5. The number of anilines is 1. The first-order valence-electron chi connectivity index (χ1n) is 7.61. The van der Waals surface area contributed by atoms with Crippen LogP contribution in [-0.4, -0.2) is 12.0 Å². The van der Waals surface area contributed by atoms with Gasteiger partial charge >= 0.3 is 0 Å². The summed E-state index contributed by atoms with van der Waals surface area (Å²) in [4.78, 5) is 12.6. The zero-order valence-corrected chi connectivity index (χ0v) is 13.8. The van der Waals surface area contributed by atoms with E-state index in [0.717, 1.165) is 11.4 Å². The Bertz CT molecular complexity index is 856. The third kappa shape index (κ3) is 2.56. The van der Waals surface area contributed by atoms with E-state index in [1.54, 1.807) is 24.4 Å². The summed E-state index contributed by atoms with van der Waals surface area (Å²) in [5.74, 6) is 0. The summed E-state index contributed by atoms with van der Waals surface area (Å²) in [6.45, 7) is 4.25. The van der Waals surface area contributed by atoms with Gasteiger partial charge < -0.3 is 4.90 Å². The lowest BCUT2D eigenvalue weighted by atomic mass is 9.84. The summed E-state index contributed by atoms with van der Waals surface area (Å²) in [5, 5.41) is 19.2. The first-order chi connectivity index (χ1) is 11.4. The number of likely N-dealkylation sites (N-methyl/N-ethyl adjacent to an activating group) is 1. The predicted octanol–water partition coefficient (Wildman–Crippen LogP) is 4.95. The van der Waals surface area contributed by atoms with Crippen LogP contribution in [0.2, 0.25) is 0 Å². The number of benzene rings is 2. The van der Waals surface area contributed by atoms with Crippen molar-refractivity contribution in [1.82, 2.24) is 0 Å². The van der Waals surface area contributed by atoms with Crippen molar-refractivity contribution in [2.45, 2.75) is 19.3 Å². The minimum Gasteiger partial charge on any atom is -0.346 e. The van der Waals surface area contributed by atoms with Crippen LogP contribution in [0.3, 0.4) is 0 Å². The number of rotatable bonds is 3. The Kier molecular flexibility index (Phi) is 3.89. The Morgan fingerprint density at radius 3 is 2.50 bits per heavy atom. The van der Waals surface area contributed by atoms with Gasteiger partial charge in [-0.05, 0) is 17.7 Å². The highest BCUT2D eigenvalue weighted by Crippen LogP contribution is 2.46. The number of azo groups is 1. The highest BCUT2D eigenvalue weighted by atomic mass is 16.6. The van der Waals surface area contributed by atoms with Gasteiger partial charge in [-0.3, -0.25) is 10.1 Å². The van der Waals surface area contributed by atoms with Gasteiger partial charge in [-0.25, -0.2) is 0 Å². The second-order valence-corrected chi connectivity index (χ2v) is 6.18. The van der Waals surface area contributed by atoms with Crippen LogP contribution in [-0.2, 0) is 5.41 Å². The van der Waals surface area contributed by atoms with E-state index < -0.39 is 4.92 Å². The topological polar surface area (TPSA) is 71.1 Å². The summed E-state index contributed by atoms with van der Waals surface area (Å²) in [5.41, 5.74) is 3.34. The standard InChI is InChI=1S/C18H18N4O2/c1-18(2)13-8-4-6-10-15(13)21(3)17(18)12-19-20-14-9-5-7-11-16(14)22(23)24/h4-12H,1-3H3. The maximum absolute atomic E-state index is 11.0. The number of hydrogen-bond donors (Lipinski definition) is 0. The second kappa shape index (κ2) is 5.88. The lowest BCUT2D eigenvalue weighted by Crippen LogP contribution is -2.22. The molecule has 1 aliphatic heterocycles. The van der Waals surface area contributed by atoms with Gasteiger partial charge in [0.25, 0.3) is 5.69 Å². The largest absolute Gasteiger partial charge is 0.346 e. The van der Waals surface area contributed by atoms with E-state index in [9.17, 15) is 10.1 Å². The zero-order valence-electron chi connectivity index (χ0n) is 13.8. The zero-order chi connectivity index (χ0) is 17.3. The first-order valence-corrected chi connectivity index (χ1v) is 7.61. The Morgan fingerprint density at radius 1 is 1.12 bits per heavy atom. The molecular weight excluding hydrogens is 304 g/mol. The molecule has 122 valence electrons. The van der Waals surface area contributed by atoms with Crippen LogP contribution in [0.15, 0.2) is 70.7 Å². The predicted molar refractivity (Wildman–Crippen MR) is 93.6 cm³/mol. The van der Waals surface area contributed by atoms with Crippen LogP contribution in [0.25, 0.3) is 0 Å². The summed E-state index contributed by atoms with van der Waals surface area (Å²) in [6.07, 6.45) is 1.68. The number of fused-ring (bicyclic) bond motifs is 1. The van der Waals surface area contributed by atoms with E-state index in [1.807, 2.05) is 19.2 Å². The molecule has 6 nitrogen and oxygen atoms in total. The fourth-order valence-corrected chi connectivity index (χ4v) is 3.08. The second-order valence-electron chi connectivity index (χ2n) is 6.18. The maximum Gasteiger partial charge on any atom is 0.296 e. The van der Waals surface area contributed by atoms with Crippen molar-refractivity contribution in [2.24, 2.45) is 10.2 Å². The summed E-state index contributed by atoms with van der Waals surface area (Å²) in [7, 11) is 1.99. The van der Waals surface area contributed by atoms with Crippen molar-refractivity contribution in [3.63, 3.8) is 0 Å². The Balaban J connectivity index is 1.95. The maximum atomic E-state index is 11.0. The number of nitrogens with zero attached hydrogens (tertiary/aromatic N) is 4. The van der Waals surface area contributed by atoms with Crippen LogP contribution >= 0.6 is 0 Å². The summed E-state index contributed by atoms with van der Waals surface area (Å²) in [6, 6.07) is 14.5. The third-order valence-corrected chi connectivity index (χ3v) is 4.36. The van der Waals surface area contributed by atoms with Gasteiger partial charge in [0.15, 0.2) is 5.69 Å². The van der Waals surface area contributed by atoms with E-state index in [0.29, 0.717) is 0 Å². The molecule has 0 amide bonds.